The van der Waals surface area contributed by atoms with Crippen LogP contribution >= 0.6 is 0 Å². The number of nitrogens with one attached hydrogen (secondary N) is 2. The van der Waals surface area contributed by atoms with Crippen LogP contribution in [0.5, 0.6) is 0 Å². The van der Waals surface area contributed by atoms with E-state index in [4.69, 9.17) is 5.41 Å². The molecule has 3 nitrogen and oxygen atoms in total. The van der Waals surface area contributed by atoms with E-state index < -0.39 is 0 Å². The minimum absolute atomic E-state index is 0.139. The molecule has 0 fully saturated rings. The molecular formula is C18H22FN3. The van der Waals surface area contributed by atoms with Gasteiger partial charge < -0.3 is 10.2 Å². The van der Waals surface area contributed by atoms with Crippen molar-refractivity contribution in [3.8, 4) is 0 Å². The molecule has 0 unspecified atom stereocenters. The highest BCUT2D eigenvalue weighted by molar-refractivity contribution is 6.03. The van der Waals surface area contributed by atoms with Crippen molar-refractivity contribution in [1.82, 2.24) is 0 Å². The maximum Gasteiger partial charge on any atom is 0.199 e. The second kappa shape index (κ2) is 7.07. The normalized spacial score (nSPS) is 10.4. The molecule has 0 heterocycles. The van der Waals surface area contributed by atoms with Gasteiger partial charge in [0.15, 0.2) is 5.96 Å². The minimum atomic E-state index is -0.349. The van der Waals surface area contributed by atoms with Crippen LogP contribution in [0.4, 0.5) is 15.8 Å². The van der Waals surface area contributed by atoms with Gasteiger partial charge in [-0.15, -0.1) is 0 Å². The molecule has 0 aliphatic heterocycles. The summed E-state index contributed by atoms with van der Waals surface area (Å²) in [4.78, 5) is 1.71. The molecule has 2 aromatic rings. The molecule has 2 N–H and O–H groups in total. The first-order valence-electron chi connectivity index (χ1n) is 7.51. The number of anilines is 2. The molecule has 22 heavy (non-hydrogen) atoms. The lowest BCUT2D eigenvalue weighted by molar-refractivity contribution is 0.631. The second-order valence-electron chi connectivity index (χ2n) is 5.22. The molecule has 0 saturated carbocycles. The van der Waals surface area contributed by atoms with Crippen molar-refractivity contribution in [2.75, 3.05) is 17.3 Å². The average Bonchev–Trinajstić information content (AvgIpc) is 2.56. The van der Waals surface area contributed by atoms with Crippen molar-refractivity contribution in [2.45, 2.75) is 26.7 Å². The topological polar surface area (TPSA) is 39.1 Å². The molecular weight excluding hydrogens is 277 g/mol. The minimum Gasteiger partial charge on any atom is -0.324 e. The van der Waals surface area contributed by atoms with Gasteiger partial charge in [-0.25, -0.2) is 4.39 Å². The molecule has 0 aliphatic carbocycles. The summed E-state index contributed by atoms with van der Waals surface area (Å²) in [6.07, 6.45) is 1.77. The van der Waals surface area contributed by atoms with E-state index in [9.17, 15) is 4.39 Å². The van der Waals surface area contributed by atoms with Crippen LogP contribution in [0.15, 0.2) is 42.5 Å². The van der Waals surface area contributed by atoms with E-state index in [0.29, 0.717) is 5.69 Å². The van der Waals surface area contributed by atoms with Gasteiger partial charge in [-0.3, -0.25) is 5.41 Å². The third-order valence-electron chi connectivity index (χ3n) is 3.73. The van der Waals surface area contributed by atoms with Crippen LogP contribution in [0.25, 0.3) is 0 Å². The van der Waals surface area contributed by atoms with Crippen molar-refractivity contribution in [1.29, 1.82) is 5.41 Å². The third-order valence-corrected chi connectivity index (χ3v) is 3.73. The van der Waals surface area contributed by atoms with Crippen molar-refractivity contribution < 1.29 is 4.39 Å². The van der Waals surface area contributed by atoms with Crippen molar-refractivity contribution in [2.24, 2.45) is 0 Å². The van der Waals surface area contributed by atoms with Crippen molar-refractivity contribution in [3.05, 3.63) is 59.4 Å². The van der Waals surface area contributed by atoms with Crippen molar-refractivity contribution >= 4 is 17.3 Å². The molecule has 2 rings (SSSR count). The van der Waals surface area contributed by atoms with E-state index in [1.165, 1.54) is 11.6 Å². The summed E-state index contributed by atoms with van der Waals surface area (Å²) in [5, 5.41) is 11.0. The molecule has 4 heteroatoms. The first-order valence-corrected chi connectivity index (χ1v) is 7.51. The Labute approximate surface area is 131 Å². The van der Waals surface area contributed by atoms with Gasteiger partial charge in [-0.05, 0) is 48.2 Å². The van der Waals surface area contributed by atoms with Gasteiger partial charge in [0.1, 0.15) is 5.82 Å². The molecule has 0 amide bonds. The molecule has 0 radical (unpaired) electrons. The zero-order valence-corrected chi connectivity index (χ0v) is 13.3. The van der Waals surface area contributed by atoms with Crippen LogP contribution in [0.2, 0.25) is 0 Å². The number of nitrogens with zero attached hydrogens (tertiary/aromatic N) is 1. The van der Waals surface area contributed by atoms with Gasteiger partial charge in [0.25, 0.3) is 0 Å². The predicted octanol–water partition coefficient (Wildman–Crippen LogP) is 4.43. The van der Waals surface area contributed by atoms with Crippen LogP contribution in [0.3, 0.4) is 0 Å². The van der Waals surface area contributed by atoms with Gasteiger partial charge in [0.05, 0.1) is 5.69 Å². The molecule has 0 aromatic heterocycles. The lowest BCUT2D eigenvalue weighted by Gasteiger charge is -2.22. The highest BCUT2D eigenvalue weighted by atomic mass is 19.1. The first-order chi connectivity index (χ1) is 10.5. The molecule has 0 spiro atoms. The fourth-order valence-electron chi connectivity index (χ4n) is 2.21. The molecule has 2 aromatic carbocycles. The summed E-state index contributed by atoms with van der Waals surface area (Å²) in [5.74, 6) is -0.210. The number of rotatable bonds is 4. The van der Waals surface area contributed by atoms with E-state index in [2.05, 4.69) is 18.3 Å². The Morgan fingerprint density at radius 1 is 1.09 bits per heavy atom. The maximum atomic E-state index is 13.9. The van der Waals surface area contributed by atoms with E-state index in [1.54, 1.807) is 24.1 Å². The number of hydrogen-bond acceptors (Lipinski definition) is 1. The lowest BCUT2D eigenvalue weighted by Crippen LogP contribution is -2.32. The summed E-state index contributed by atoms with van der Waals surface area (Å²) < 4.78 is 13.9. The summed E-state index contributed by atoms with van der Waals surface area (Å²) in [6.45, 7) is 4.11. The molecule has 0 aliphatic rings. The van der Waals surface area contributed by atoms with Gasteiger partial charge >= 0.3 is 0 Å². The summed E-state index contributed by atoms with van der Waals surface area (Å²) in [5.41, 5.74) is 3.48. The quantitative estimate of drug-likeness (QED) is 0.647. The molecule has 0 saturated heterocycles. The van der Waals surface area contributed by atoms with Crippen LogP contribution in [0, 0.1) is 11.2 Å². The number of aryl methyl sites for hydroxylation is 2. The SMILES string of the molecule is CCc1cccc(N(C)C(=N)Nc2cc(CC)ccc2F)c1. The fraction of sp³-hybridized carbons (Fsp3) is 0.278. The average molecular weight is 299 g/mol. The summed E-state index contributed by atoms with van der Waals surface area (Å²) >= 11 is 0. The summed E-state index contributed by atoms with van der Waals surface area (Å²) in [6, 6.07) is 12.9. The monoisotopic (exact) mass is 299 g/mol. The van der Waals surface area contributed by atoms with Gasteiger partial charge in [0, 0.05) is 12.7 Å². The third kappa shape index (κ3) is 3.64. The Morgan fingerprint density at radius 2 is 1.77 bits per heavy atom. The number of benzene rings is 2. The number of guanidine groups is 1. The van der Waals surface area contributed by atoms with Gasteiger partial charge in [-0.1, -0.05) is 32.0 Å². The van der Waals surface area contributed by atoms with Gasteiger partial charge in [-0.2, -0.15) is 0 Å². The molecule has 0 bridgehead atoms. The van der Waals surface area contributed by atoms with Crippen LogP contribution in [-0.2, 0) is 12.8 Å². The Hall–Kier alpha value is -2.36. The van der Waals surface area contributed by atoms with Gasteiger partial charge in [0.2, 0.25) is 0 Å². The van der Waals surface area contributed by atoms with E-state index in [0.717, 1.165) is 24.1 Å². The highest BCUT2D eigenvalue weighted by Gasteiger charge is 2.10. The lowest BCUT2D eigenvalue weighted by atomic mass is 10.1. The molecule has 0 atom stereocenters. The molecule has 116 valence electrons. The Bertz CT molecular complexity index is 667. The van der Waals surface area contributed by atoms with E-state index in [-0.39, 0.29) is 11.8 Å². The first kappa shape index (κ1) is 16.0. The highest BCUT2D eigenvalue weighted by Crippen LogP contribution is 2.19. The largest absolute Gasteiger partial charge is 0.324 e. The number of hydrogen-bond donors (Lipinski definition) is 2. The van der Waals surface area contributed by atoms with Crippen LogP contribution in [0.1, 0.15) is 25.0 Å². The second-order valence-corrected chi connectivity index (χ2v) is 5.22. The van der Waals surface area contributed by atoms with Crippen LogP contribution in [-0.4, -0.2) is 13.0 Å². The Morgan fingerprint density at radius 3 is 2.45 bits per heavy atom. The predicted molar refractivity (Wildman–Crippen MR) is 91.4 cm³/mol. The maximum absolute atomic E-state index is 13.9. The standard InChI is InChI=1S/C18H22FN3/c1-4-13-7-6-8-15(11-13)22(3)18(20)21-17-12-14(5-2)9-10-16(17)19/h6-12H,4-5H2,1-3H3,(H2,20,21). The Balaban J connectivity index is 2.17. The van der Waals surface area contributed by atoms with E-state index >= 15 is 0 Å². The smallest absolute Gasteiger partial charge is 0.199 e. The Kier molecular flexibility index (Phi) is 5.15. The number of halogens is 1. The fourth-order valence-corrected chi connectivity index (χ4v) is 2.21. The van der Waals surface area contributed by atoms with Crippen molar-refractivity contribution in [3.63, 3.8) is 0 Å². The zero-order valence-electron chi connectivity index (χ0n) is 13.3. The van der Waals surface area contributed by atoms with E-state index in [1.807, 2.05) is 25.1 Å². The van der Waals surface area contributed by atoms with Crippen LogP contribution < -0.4 is 10.2 Å². The zero-order chi connectivity index (χ0) is 16.1. The summed E-state index contributed by atoms with van der Waals surface area (Å²) in [7, 11) is 1.80.